The van der Waals surface area contributed by atoms with Crippen LogP contribution >= 0.6 is 11.3 Å². The van der Waals surface area contributed by atoms with Crippen molar-refractivity contribution in [3.05, 3.63) is 33.8 Å². The van der Waals surface area contributed by atoms with Crippen LogP contribution in [0.1, 0.15) is 20.4 Å². The van der Waals surface area contributed by atoms with Crippen molar-refractivity contribution in [3.8, 4) is 11.5 Å². The quantitative estimate of drug-likeness (QED) is 0.941. The van der Waals surface area contributed by atoms with Gasteiger partial charge in [-0.25, -0.2) is 4.98 Å². The first-order valence-electron chi connectivity index (χ1n) is 6.02. The van der Waals surface area contributed by atoms with E-state index >= 15 is 0 Å². The number of aryl methyl sites for hydroxylation is 2. The highest BCUT2D eigenvalue weighted by atomic mass is 32.1. The second kappa shape index (κ2) is 5.92. The normalized spacial score (nSPS) is 10.2. The number of amides is 1. The monoisotopic (exact) mass is 292 g/mol. The van der Waals surface area contributed by atoms with E-state index in [9.17, 15) is 4.79 Å². The molecule has 0 bridgehead atoms. The Hall–Kier alpha value is -2.08. The van der Waals surface area contributed by atoms with Gasteiger partial charge in [0.1, 0.15) is 11.5 Å². The minimum atomic E-state index is -0.241. The number of methoxy groups -OCH3 is 2. The molecule has 0 spiro atoms. The number of aromatic nitrogens is 1. The van der Waals surface area contributed by atoms with Crippen molar-refractivity contribution in [3.63, 3.8) is 0 Å². The largest absolute Gasteiger partial charge is 0.497 e. The van der Waals surface area contributed by atoms with Gasteiger partial charge in [0, 0.05) is 10.9 Å². The topological polar surface area (TPSA) is 60.5 Å². The molecule has 0 aliphatic rings. The van der Waals surface area contributed by atoms with E-state index in [1.165, 1.54) is 11.3 Å². The van der Waals surface area contributed by atoms with Crippen molar-refractivity contribution >= 4 is 22.9 Å². The smallest absolute Gasteiger partial charge is 0.284 e. The number of hydrogen-bond acceptors (Lipinski definition) is 5. The lowest BCUT2D eigenvalue weighted by atomic mass is 10.2. The van der Waals surface area contributed by atoms with Crippen LogP contribution in [0, 0.1) is 13.8 Å². The van der Waals surface area contributed by atoms with Crippen molar-refractivity contribution < 1.29 is 14.3 Å². The lowest BCUT2D eigenvalue weighted by molar-refractivity contribution is 0.102. The molecule has 20 heavy (non-hydrogen) atoms. The Morgan fingerprint density at radius 3 is 2.55 bits per heavy atom. The number of nitrogens with one attached hydrogen (secondary N) is 1. The molecule has 0 saturated carbocycles. The van der Waals surface area contributed by atoms with Crippen LogP contribution in [-0.4, -0.2) is 25.1 Å². The molecule has 0 unspecified atom stereocenters. The number of thiazole rings is 1. The maximum Gasteiger partial charge on any atom is 0.284 e. The zero-order chi connectivity index (χ0) is 14.7. The van der Waals surface area contributed by atoms with Gasteiger partial charge in [0.2, 0.25) is 0 Å². The SMILES string of the molecule is COc1ccc(NC(=O)c2nc(C)c(C)s2)c(OC)c1. The molecule has 0 fully saturated rings. The fraction of sp³-hybridized carbons (Fsp3) is 0.286. The number of anilines is 1. The fourth-order valence-electron chi connectivity index (χ4n) is 1.65. The average Bonchev–Trinajstić information content (AvgIpc) is 2.79. The van der Waals surface area contributed by atoms with Gasteiger partial charge in [0.25, 0.3) is 5.91 Å². The molecule has 5 nitrogen and oxygen atoms in total. The van der Waals surface area contributed by atoms with E-state index in [2.05, 4.69) is 10.3 Å². The summed E-state index contributed by atoms with van der Waals surface area (Å²) in [6.07, 6.45) is 0. The Bertz CT molecular complexity index is 618. The Morgan fingerprint density at radius 1 is 1.25 bits per heavy atom. The zero-order valence-corrected chi connectivity index (χ0v) is 12.6. The second-order valence-electron chi connectivity index (χ2n) is 4.18. The highest BCUT2D eigenvalue weighted by molar-refractivity contribution is 7.13. The molecule has 1 amide bonds. The van der Waals surface area contributed by atoms with Crippen LogP contribution in [0.4, 0.5) is 5.69 Å². The van der Waals surface area contributed by atoms with Crippen molar-refractivity contribution in [1.29, 1.82) is 0 Å². The van der Waals surface area contributed by atoms with Gasteiger partial charge in [0.15, 0.2) is 5.01 Å². The first-order valence-corrected chi connectivity index (χ1v) is 6.84. The van der Waals surface area contributed by atoms with E-state index in [4.69, 9.17) is 9.47 Å². The van der Waals surface area contributed by atoms with E-state index < -0.39 is 0 Å². The summed E-state index contributed by atoms with van der Waals surface area (Å²) in [5.41, 5.74) is 1.46. The van der Waals surface area contributed by atoms with Crippen molar-refractivity contribution in [2.75, 3.05) is 19.5 Å². The maximum atomic E-state index is 12.2. The number of rotatable bonds is 4. The van der Waals surface area contributed by atoms with Crippen LogP contribution in [0.2, 0.25) is 0 Å². The predicted molar refractivity (Wildman–Crippen MR) is 79.1 cm³/mol. The lowest BCUT2D eigenvalue weighted by Gasteiger charge is -2.10. The van der Waals surface area contributed by atoms with Gasteiger partial charge < -0.3 is 14.8 Å². The van der Waals surface area contributed by atoms with E-state index in [-0.39, 0.29) is 5.91 Å². The van der Waals surface area contributed by atoms with Gasteiger partial charge in [-0.1, -0.05) is 0 Å². The van der Waals surface area contributed by atoms with Crippen molar-refractivity contribution in [2.45, 2.75) is 13.8 Å². The molecule has 6 heteroatoms. The second-order valence-corrected chi connectivity index (χ2v) is 5.38. The van der Waals surface area contributed by atoms with Crippen LogP contribution in [-0.2, 0) is 0 Å². The Kier molecular flexibility index (Phi) is 4.24. The summed E-state index contributed by atoms with van der Waals surface area (Å²) in [5, 5.41) is 3.24. The Balaban J connectivity index is 2.23. The molecule has 1 N–H and O–H groups in total. The minimum Gasteiger partial charge on any atom is -0.497 e. The summed E-state index contributed by atoms with van der Waals surface area (Å²) in [4.78, 5) is 17.4. The summed E-state index contributed by atoms with van der Waals surface area (Å²) in [7, 11) is 3.12. The summed E-state index contributed by atoms with van der Waals surface area (Å²) in [5.74, 6) is 0.971. The number of carbonyl (C=O) groups excluding carboxylic acids is 1. The van der Waals surface area contributed by atoms with Gasteiger partial charge in [-0.3, -0.25) is 4.79 Å². The molecule has 1 heterocycles. The molecule has 2 rings (SSSR count). The standard InChI is InChI=1S/C14H16N2O3S/c1-8-9(2)20-14(15-8)13(17)16-11-6-5-10(18-3)7-12(11)19-4/h5-7H,1-4H3,(H,16,17). The maximum absolute atomic E-state index is 12.2. The van der Waals surface area contributed by atoms with Gasteiger partial charge in [0.05, 0.1) is 25.6 Å². The number of nitrogens with zero attached hydrogens (tertiary/aromatic N) is 1. The van der Waals surface area contributed by atoms with Crippen molar-refractivity contribution in [1.82, 2.24) is 4.98 Å². The zero-order valence-electron chi connectivity index (χ0n) is 11.8. The Labute approximate surface area is 121 Å². The third-order valence-electron chi connectivity index (χ3n) is 2.88. The molecule has 0 aliphatic carbocycles. The summed E-state index contributed by atoms with van der Waals surface area (Å²) < 4.78 is 10.4. The predicted octanol–water partition coefficient (Wildman–Crippen LogP) is 3.03. The summed E-state index contributed by atoms with van der Waals surface area (Å²) >= 11 is 1.37. The molecule has 2 aromatic rings. The highest BCUT2D eigenvalue weighted by Crippen LogP contribution is 2.29. The van der Waals surface area contributed by atoms with E-state index in [0.29, 0.717) is 22.2 Å². The van der Waals surface area contributed by atoms with E-state index in [0.717, 1.165) is 10.6 Å². The minimum absolute atomic E-state index is 0.241. The van der Waals surface area contributed by atoms with Gasteiger partial charge in [-0.15, -0.1) is 11.3 Å². The number of hydrogen-bond donors (Lipinski definition) is 1. The molecule has 106 valence electrons. The molecule has 0 saturated heterocycles. The third-order valence-corrected chi connectivity index (χ3v) is 3.95. The van der Waals surface area contributed by atoms with E-state index in [1.54, 1.807) is 32.4 Å². The van der Waals surface area contributed by atoms with E-state index in [1.807, 2.05) is 13.8 Å². The van der Waals surface area contributed by atoms with Crippen LogP contribution in [0.3, 0.4) is 0 Å². The van der Waals surface area contributed by atoms with Crippen molar-refractivity contribution in [2.24, 2.45) is 0 Å². The molecule has 0 atom stereocenters. The van der Waals surface area contributed by atoms with Crippen LogP contribution in [0.5, 0.6) is 11.5 Å². The van der Waals surface area contributed by atoms with Crippen LogP contribution in [0.25, 0.3) is 0 Å². The third kappa shape index (κ3) is 2.91. The fourth-order valence-corrected chi connectivity index (χ4v) is 2.46. The molecule has 1 aromatic carbocycles. The van der Waals surface area contributed by atoms with Gasteiger partial charge in [-0.2, -0.15) is 0 Å². The number of ether oxygens (including phenoxy) is 2. The number of carbonyl (C=O) groups is 1. The molecular weight excluding hydrogens is 276 g/mol. The van der Waals surface area contributed by atoms with Gasteiger partial charge >= 0.3 is 0 Å². The highest BCUT2D eigenvalue weighted by Gasteiger charge is 2.15. The van der Waals surface area contributed by atoms with Gasteiger partial charge in [-0.05, 0) is 26.0 Å². The molecular formula is C14H16N2O3S. The molecule has 0 aliphatic heterocycles. The molecule has 0 radical (unpaired) electrons. The number of benzene rings is 1. The van der Waals surface area contributed by atoms with Crippen LogP contribution < -0.4 is 14.8 Å². The first-order chi connectivity index (χ1) is 9.55. The summed E-state index contributed by atoms with van der Waals surface area (Å²) in [6.45, 7) is 3.83. The summed E-state index contributed by atoms with van der Waals surface area (Å²) in [6, 6.07) is 5.22. The molecule has 1 aromatic heterocycles. The van der Waals surface area contributed by atoms with Crippen LogP contribution in [0.15, 0.2) is 18.2 Å². The average molecular weight is 292 g/mol. The lowest BCUT2D eigenvalue weighted by Crippen LogP contribution is -2.12. The first kappa shape index (κ1) is 14.3. The Morgan fingerprint density at radius 2 is 2.00 bits per heavy atom.